The van der Waals surface area contributed by atoms with Crippen molar-refractivity contribution < 1.29 is 18.7 Å². The van der Waals surface area contributed by atoms with Crippen molar-refractivity contribution in [3.8, 4) is 5.75 Å². The monoisotopic (exact) mass is 466 g/mol. The van der Waals surface area contributed by atoms with Gasteiger partial charge in [-0.15, -0.1) is 0 Å². The lowest BCUT2D eigenvalue weighted by Crippen LogP contribution is -2.47. The summed E-state index contributed by atoms with van der Waals surface area (Å²) in [5.74, 6) is -0.135. The summed E-state index contributed by atoms with van der Waals surface area (Å²) in [5, 5.41) is 3.66. The molecule has 1 heterocycles. The minimum absolute atomic E-state index is 0.0523. The van der Waals surface area contributed by atoms with Crippen LogP contribution in [0.5, 0.6) is 5.75 Å². The van der Waals surface area contributed by atoms with Gasteiger partial charge in [-0.25, -0.2) is 4.39 Å². The second-order valence-corrected chi connectivity index (χ2v) is 8.38. The molecule has 1 N–H and O–H groups in total. The number of piperidine rings is 1. The Bertz CT molecular complexity index is 933. The van der Waals surface area contributed by atoms with Crippen molar-refractivity contribution in [1.29, 1.82) is 0 Å². The van der Waals surface area contributed by atoms with Crippen LogP contribution in [-0.2, 0) is 16.0 Å². The number of nitrogens with one attached hydrogen (secondary N) is 1. The fourth-order valence-electron chi connectivity index (χ4n) is 3.59. The topological polar surface area (TPSA) is 58.6 Å². The van der Waals surface area contributed by atoms with E-state index in [2.05, 4.69) is 5.32 Å². The van der Waals surface area contributed by atoms with Crippen LogP contribution in [-0.4, -0.2) is 42.5 Å². The highest BCUT2D eigenvalue weighted by atomic mass is 35.5. The average Bonchev–Trinajstić information content (AvgIpc) is 2.77. The molecule has 1 aliphatic rings. The quantitative estimate of drug-likeness (QED) is 0.653. The molecule has 0 aromatic heterocycles. The highest BCUT2D eigenvalue weighted by molar-refractivity contribution is 6.42. The molecule has 1 atom stereocenters. The molecule has 0 bridgehead atoms. The number of halogens is 3. The van der Waals surface area contributed by atoms with E-state index >= 15 is 0 Å². The third-order valence-electron chi connectivity index (χ3n) is 5.38. The molecule has 2 aromatic rings. The zero-order valence-corrected chi connectivity index (χ0v) is 18.8. The van der Waals surface area contributed by atoms with E-state index in [4.69, 9.17) is 27.9 Å². The molecule has 31 heavy (non-hydrogen) atoms. The number of benzene rings is 2. The lowest BCUT2D eigenvalue weighted by atomic mass is 9.95. The Balaban J connectivity index is 1.42. The Morgan fingerprint density at radius 3 is 2.55 bits per heavy atom. The van der Waals surface area contributed by atoms with Crippen LogP contribution in [0.2, 0.25) is 10.0 Å². The molecule has 2 amide bonds. The third kappa shape index (κ3) is 6.34. The molecule has 1 aliphatic heterocycles. The molecule has 1 fully saturated rings. The number of carbonyl (C=O) groups is 2. The largest absolute Gasteiger partial charge is 0.481 e. The van der Waals surface area contributed by atoms with Crippen LogP contribution >= 0.6 is 23.2 Å². The van der Waals surface area contributed by atoms with Gasteiger partial charge in [0, 0.05) is 31.6 Å². The maximum Gasteiger partial charge on any atom is 0.263 e. The van der Waals surface area contributed by atoms with Crippen LogP contribution in [0.4, 0.5) is 4.39 Å². The second-order valence-electron chi connectivity index (χ2n) is 7.57. The molecular weight excluding hydrogens is 442 g/mol. The zero-order valence-electron chi connectivity index (χ0n) is 17.2. The number of amides is 2. The van der Waals surface area contributed by atoms with Crippen molar-refractivity contribution in [1.82, 2.24) is 10.2 Å². The molecule has 8 heteroatoms. The smallest absolute Gasteiger partial charge is 0.263 e. The van der Waals surface area contributed by atoms with Gasteiger partial charge in [-0.1, -0.05) is 41.4 Å². The van der Waals surface area contributed by atoms with Gasteiger partial charge < -0.3 is 15.0 Å². The van der Waals surface area contributed by atoms with Crippen LogP contribution in [0.15, 0.2) is 42.5 Å². The van der Waals surface area contributed by atoms with Crippen molar-refractivity contribution in [2.75, 3.05) is 19.6 Å². The van der Waals surface area contributed by atoms with E-state index in [1.54, 1.807) is 48.2 Å². The Morgan fingerprint density at radius 2 is 1.87 bits per heavy atom. The van der Waals surface area contributed by atoms with Gasteiger partial charge in [-0.3, -0.25) is 9.59 Å². The van der Waals surface area contributed by atoms with Gasteiger partial charge in [0.15, 0.2) is 6.10 Å². The van der Waals surface area contributed by atoms with Crippen molar-refractivity contribution >= 4 is 35.0 Å². The highest BCUT2D eigenvalue weighted by Crippen LogP contribution is 2.27. The number of hydrogen-bond donors (Lipinski definition) is 1. The molecule has 0 saturated carbocycles. The minimum Gasteiger partial charge on any atom is -0.481 e. The van der Waals surface area contributed by atoms with Crippen LogP contribution in [0.1, 0.15) is 25.3 Å². The molecule has 0 spiro atoms. The van der Waals surface area contributed by atoms with Crippen molar-refractivity contribution in [3.05, 3.63) is 63.9 Å². The normalized spacial score (nSPS) is 15.4. The van der Waals surface area contributed by atoms with E-state index in [0.717, 1.165) is 0 Å². The fraction of sp³-hybridized carbons (Fsp3) is 0.391. The SMILES string of the molecule is CC(Oc1ccc(Cl)c(Cl)c1)C(=O)N1CCC(C(=O)NCCc2ccccc2F)CC1. The number of hydrogen-bond acceptors (Lipinski definition) is 3. The van der Waals surface area contributed by atoms with Crippen LogP contribution < -0.4 is 10.1 Å². The number of ether oxygens (including phenoxy) is 1. The van der Waals surface area contributed by atoms with Gasteiger partial charge in [-0.05, 0) is 49.9 Å². The number of rotatable bonds is 7. The Morgan fingerprint density at radius 1 is 1.16 bits per heavy atom. The molecule has 0 aliphatic carbocycles. The summed E-state index contributed by atoms with van der Waals surface area (Å²) in [7, 11) is 0. The summed E-state index contributed by atoms with van der Waals surface area (Å²) in [6, 6.07) is 11.4. The predicted molar refractivity (Wildman–Crippen MR) is 119 cm³/mol. The standard InChI is InChI=1S/C23H25Cl2FN2O3/c1-15(31-18-6-7-19(24)20(25)14-18)23(30)28-12-9-17(10-13-28)22(29)27-11-8-16-4-2-3-5-21(16)26/h2-7,14-15,17H,8-13H2,1H3,(H,27,29). The van der Waals surface area contributed by atoms with Gasteiger partial charge in [0.25, 0.3) is 5.91 Å². The van der Waals surface area contributed by atoms with E-state index in [1.807, 2.05) is 0 Å². The fourth-order valence-corrected chi connectivity index (χ4v) is 3.88. The molecule has 1 unspecified atom stereocenters. The number of likely N-dealkylation sites (tertiary alicyclic amines) is 1. The van der Waals surface area contributed by atoms with Gasteiger partial charge in [-0.2, -0.15) is 0 Å². The van der Waals surface area contributed by atoms with Gasteiger partial charge in [0.2, 0.25) is 5.91 Å². The van der Waals surface area contributed by atoms with Crippen molar-refractivity contribution in [2.24, 2.45) is 5.92 Å². The van der Waals surface area contributed by atoms with Crippen molar-refractivity contribution in [3.63, 3.8) is 0 Å². The van der Waals surface area contributed by atoms with Crippen LogP contribution in [0, 0.1) is 11.7 Å². The Kier molecular flexibility index (Phi) is 8.15. The summed E-state index contributed by atoms with van der Waals surface area (Å²) < 4.78 is 19.4. The van der Waals surface area contributed by atoms with E-state index < -0.39 is 6.10 Å². The average molecular weight is 467 g/mol. The summed E-state index contributed by atoms with van der Waals surface area (Å²) in [6.45, 7) is 3.04. The molecule has 166 valence electrons. The highest BCUT2D eigenvalue weighted by Gasteiger charge is 2.30. The zero-order chi connectivity index (χ0) is 22.4. The summed E-state index contributed by atoms with van der Waals surface area (Å²) in [4.78, 5) is 26.8. The molecule has 0 radical (unpaired) electrons. The van der Waals surface area contributed by atoms with Gasteiger partial charge in [0.05, 0.1) is 10.0 Å². The number of carbonyl (C=O) groups excluding carboxylic acids is 2. The van der Waals surface area contributed by atoms with Crippen LogP contribution in [0.3, 0.4) is 0 Å². The summed E-state index contributed by atoms with van der Waals surface area (Å²) in [6.07, 6.45) is 0.927. The first-order valence-electron chi connectivity index (χ1n) is 10.3. The molecule has 3 rings (SSSR count). The van der Waals surface area contributed by atoms with E-state index in [9.17, 15) is 14.0 Å². The van der Waals surface area contributed by atoms with E-state index in [-0.39, 0.29) is 23.5 Å². The van der Waals surface area contributed by atoms with Gasteiger partial charge in [0.1, 0.15) is 11.6 Å². The Labute approximate surface area is 191 Å². The molecule has 5 nitrogen and oxygen atoms in total. The molecule has 1 saturated heterocycles. The van der Waals surface area contributed by atoms with Crippen LogP contribution in [0.25, 0.3) is 0 Å². The molecular formula is C23H25Cl2FN2O3. The van der Waals surface area contributed by atoms with Crippen molar-refractivity contribution in [2.45, 2.75) is 32.3 Å². The predicted octanol–water partition coefficient (Wildman–Crippen LogP) is 4.50. The lowest BCUT2D eigenvalue weighted by Gasteiger charge is -2.33. The summed E-state index contributed by atoms with van der Waals surface area (Å²) >= 11 is 11.9. The number of nitrogens with zero attached hydrogens (tertiary/aromatic N) is 1. The van der Waals surface area contributed by atoms with E-state index in [1.165, 1.54) is 6.07 Å². The Hall–Kier alpha value is -2.31. The maximum atomic E-state index is 13.7. The lowest BCUT2D eigenvalue weighted by molar-refractivity contribution is -0.141. The third-order valence-corrected chi connectivity index (χ3v) is 6.12. The molecule has 2 aromatic carbocycles. The van der Waals surface area contributed by atoms with E-state index in [0.29, 0.717) is 60.3 Å². The minimum atomic E-state index is -0.677. The first-order chi connectivity index (χ1) is 14.8. The first-order valence-corrected chi connectivity index (χ1v) is 11.0. The summed E-state index contributed by atoms with van der Waals surface area (Å²) in [5.41, 5.74) is 0.583. The second kappa shape index (κ2) is 10.8. The maximum absolute atomic E-state index is 13.7. The first kappa shape index (κ1) is 23.4. The van der Waals surface area contributed by atoms with Gasteiger partial charge >= 0.3 is 0 Å².